The van der Waals surface area contributed by atoms with Gasteiger partial charge in [-0.2, -0.15) is 0 Å². The summed E-state index contributed by atoms with van der Waals surface area (Å²) in [5, 5.41) is 3.41. The molecule has 6 nitrogen and oxygen atoms in total. The van der Waals surface area contributed by atoms with Crippen molar-refractivity contribution in [3.63, 3.8) is 0 Å². The number of anilines is 1. The highest BCUT2D eigenvalue weighted by Gasteiger charge is 2.35. The summed E-state index contributed by atoms with van der Waals surface area (Å²) in [7, 11) is 0. The second-order valence-electron chi connectivity index (χ2n) is 6.51. The van der Waals surface area contributed by atoms with Crippen molar-refractivity contribution >= 4 is 38.7 Å². The molecule has 2 aromatic carbocycles. The third-order valence-electron chi connectivity index (χ3n) is 4.51. The fraction of sp³-hybridized carbons (Fsp3) is 0.250. The second-order valence-corrected chi connectivity index (χ2v) is 7.54. The molecule has 1 atom stereocenters. The number of para-hydroxylation sites is 1. The van der Waals surface area contributed by atoms with Crippen molar-refractivity contribution in [3.8, 4) is 5.75 Å². The summed E-state index contributed by atoms with van der Waals surface area (Å²) in [6.07, 6.45) is 0.875. The lowest BCUT2D eigenvalue weighted by molar-refractivity contribution is -0.119. The maximum absolute atomic E-state index is 12.7. The Morgan fingerprint density at radius 1 is 1.22 bits per heavy atom. The number of hydrogen-bond acceptors (Lipinski definition) is 5. The molecule has 2 amide bonds. The number of fused-ring (bicyclic) bond motifs is 1. The zero-order valence-corrected chi connectivity index (χ0v) is 15.7. The molecule has 1 saturated heterocycles. The van der Waals surface area contributed by atoms with Crippen LogP contribution in [0.3, 0.4) is 0 Å². The minimum atomic E-state index is -0.546. The first-order valence-electron chi connectivity index (χ1n) is 8.82. The Hall–Kier alpha value is -2.93. The topological polar surface area (TPSA) is 71.5 Å². The van der Waals surface area contributed by atoms with Gasteiger partial charge in [-0.3, -0.25) is 9.69 Å². The van der Waals surface area contributed by atoms with Gasteiger partial charge in [-0.25, -0.2) is 9.78 Å². The van der Waals surface area contributed by atoms with Crippen LogP contribution in [0.25, 0.3) is 10.2 Å². The van der Waals surface area contributed by atoms with E-state index < -0.39 is 12.1 Å². The zero-order chi connectivity index (χ0) is 18.8. The monoisotopic (exact) mass is 381 g/mol. The van der Waals surface area contributed by atoms with Crippen LogP contribution >= 0.6 is 11.3 Å². The number of amides is 2. The summed E-state index contributed by atoms with van der Waals surface area (Å²) in [4.78, 5) is 31.1. The van der Waals surface area contributed by atoms with Gasteiger partial charge in [0.05, 0.1) is 10.2 Å². The van der Waals surface area contributed by atoms with Crippen LogP contribution in [0.15, 0.2) is 48.5 Å². The predicted octanol–water partition coefficient (Wildman–Crippen LogP) is 4.21. The van der Waals surface area contributed by atoms with Crippen molar-refractivity contribution in [1.82, 2.24) is 9.88 Å². The number of ether oxygens (including phenoxy) is 1. The normalized spacial score (nSPS) is 16.5. The molecule has 7 heteroatoms. The number of rotatable bonds is 3. The lowest BCUT2D eigenvalue weighted by Crippen LogP contribution is -2.44. The van der Waals surface area contributed by atoms with Gasteiger partial charge in [-0.05, 0) is 49.6 Å². The molecular formula is C20H19N3O3S. The van der Waals surface area contributed by atoms with Crippen molar-refractivity contribution in [2.75, 3.05) is 11.9 Å². The molecule has 1 N–H and O–H groups in total. The van der Waals surface area contributed by atoms with E-state index in [-0.39, 0.29) is 5.91 Å². The van der Waals surface area contributed by atoms with Crippen LogP contribution in [0.5, 0.6) is 5.75 Å². The highest BCUT2D eigenvalue weighted by Crippen LogP contribution is 2.28. The number of benzene rings is 2. The Bertz CT molecular complexity index is 987. The first-order chi connectivity index (χ1) is 13.1. The van der Waals surface area contributed by atoms with Crippen LogP contribution in [-0.2, 0) is 4.79 Å². The number of nitrogens with one attached hydrogen (secondary N) is 1. The molecule has 0 saturated carbocycles. The molecule has 1 fully saturated rings. The van der Waals surface area contributed by atoms with Crippen LogP contribution in [0, 0.1) is 6.92 Å². The fourth-order valence-corrected chi connectivity index (χ4v) is 4.15. The van der Waals surface area contributed by atoms with Crippen molar-refractivity contribution in [2.45, 2.75) is 25.8 Å². The minimum absolute atomic E-state index is 0.228. The molecule has 138 valence electrons. The summed E-state index contributed by atoms with van der Waals surface area (Å²) in [6.45, 7) is 2.52. The molecule has 1 aliphatic rings. The number of aromatic nitrogens is 1. The van der Waals surface area contributed by atoms with Crippen molar-refractivity contribution in [2.24, 2.45) is 0 Å². The van der Waals surface area contributed by atoms with Gasteiger partial charge in [-0.15, -0.1) is 0 Å². The van der Waals surface area contributed by atoms with E-state index in [2.05, 4.69) is 10.3 Å². The maximum atomic E-state index is 12.7. The zero-order valence-electron chi connectivity index (χ0n) is 14.8. The number of nitrogens with zero attached hydrogens (tertiary/aromatic N) is 2. The molecule has 1 unspecified atom stereocenters. The summed E-state index contributed by atoms with van der Waals surface area (Å²) in [5.41, 5.74) is 2.00. The van der Waals surface area contributed by atoms with Crippen molar-refractivity contribution in [3.05, 3.63) is 54.1 Å². The van der Waals surface area contributed by atoms with Gasteiger partial charge in [0, 0.05) is 6.54 Å². The van der Waals surface area contributed by atoms with E-state index in [1.54, 1.807) is 24.3 Å². The smallest absolute Gasteiger partial charge is 0.410 e. The fourth-order valence-electron chi connectivity index (χ4n) is 3.18. The van der Waals surface area contributed by atoms with Gasteiger partial charge in [0.1, 0.15) is 11.8 Å². The van der Waals surface area contributed by atoms with Crippen molar-refractivity contribution < 1.29 is 14.3 Å². The number of thiazole rings is 1. The lowest BCUT2D eigenvalue weighted by atomic mass is 10.2. The number of hydrogen-bond donors (Lipinski definition) is 1. The average molecular weight is 381 g/mol. The van der Waals surface area contributed by atoms with E-state index >= 15 is 0 Å². The van der Waals surface area contributed by atoms with Gasteiger partial charge < -0.3 is 10.1 Å². The van der Waals surface area contributed by atoms with Crippen molar-refractivity contribution in [1.29, 1.82) is 0 Å². The van der Waals surface area contributed by atoms with Gasteiger partial charge in [-0.1, -0.05) is 35.6 Å². The highest BCUT2D eigenvalue weighted by molar-refractivity contribution is 7.22. The molecule has 27 heavy (non-hydrogen) atoms. The van der Waals surface area contributed by atoms with Crippen LogP contribution < -0.4 is 10.1 Å². The van der Waals surface area contributed by atoms with Crippen LogP contribution in [-0.4, -0.2) is 34.5 Å². The maximum Gasteiger partial charge on any atom is 0.415 e. The number of carbonyl (C=O) groups is 2. The molecule has 0 bridgehead atoms. The Morgan fingerprint density at radius 3 is 2.85 bits per heavy atom. The molecule has 3 aromatic rings. The summed E-state index contributed by atoms with van der Waals surface area (Å²) in [6, 6.07) is 14.3. The third kappa shape index (κ3) is 3.78. The first-order valence-corrected chi connectivity index (χ1v) is 9.63. The Labute approximate surface area is 160 Å². The molecule has 0 spiro atoms. The Kier molecular flexibility index (Phi) is 4.77. The quantitative estimate of drug-likeness (QED) is 0.738. The van der Waals surface area contributed by atoms with Crippen LogP contribution in [0.2, 0.25) is 0 Å². The molecular weight excluding hydrogens is 362 g/mol. The summed E-state index contributed by atoms with van der Waals surface area (Å²) in [5.74, 6) is 0.239. The van der Waals surface area contributed by atoms with E-state index in [9.17, 15) is 9.59 Å². The Morgan fingerprint density at radius 2 is 2.04 bits per heavy atom. The van der Waals surface area contributed by atoms with E-state index in [0.29, 0.717) is 23.8 Å². The van der Waals surface area contributed by atoms with E-state index in [0.717, 1.165) is 22.2 Å². The largest absolute Gasteiger partial charge is 0.415 e. The number of likely N-dealkylation sites (tertiary alicyclic amines) is 1. The van der Waals surface area contributed by atoms with Gasteiger partial charge in [0.2, 0.25) is 5.91 Å². The molecule has 1 aromatic heterocycles. The third-order valence-corrected chi connectivity index (χ3v) is 5.45. The first kappa shape index (κ1) is 17.5. The molecule has 1 aliphatic heterocycles. The molecule has 2 heterocycles. The summed E-state index contributed by atoms with van der Waals surface area (Å²) >= 11 is 1.43. The number of aryl methyl sites for hydroxylation is 1. The second kappa shape index (κ2) is 7.36. The average Bonchev–Trinajstić information content (AvgIpc) is 3.28. The standard InChI is InChI=1S/C20H19N3O3S/c1-13-9-10-15-17(12-13)27-19(21-15)22-18(24)16-8-5-11-23(16)20(25)26-14-6-3-2-4-7-14/h2-4,6-7,9-10,12,16H,5,8,11H2,1H3,(H,21,22,24). The van der Waals surface area contributed by atoms with E-state index in [1.165, 1.54) is 16.2 Å². The minimum Gasteiger partial charge on any atom is -0.410 e. The summed E-state index contributed by atoms with van der Waals surface area (Å²) < 4.78 is 6.41. The Balaban J connectivity index is 1.45. The SMILES string of the molecule is Cc1ccc2nc(NC(=O)C3CCCN3C(=O)Oc3ccccc3)sc2c1. The van der Waals surface area contributed by atoms with Gasteiger partial charge in [0.15, 0.2) is 5.13 Å². The van der Waals surface area contributed by atoms with Crippen LogP contribution in [0.1, 0.15) is 18.4 Å². The predicted molar refractivity (Wildman–Crippen MR) is 105 cm³/mol. The molecule has 0 aliphatic carbocycles. The van der Waals surface area contributed by atoms with E-state index in [4.69, 9.17) is 4.74 Å². The molecule has 0 radical (unpaired) electrons. The lowest BCUT2D eigenvalue weighted by Gasteiger charge is -2.22. The van der Waals surface area contributed by atoms with E-state index in [1.807, 2.05) is 31.2 Å². The van der Waals surface area contributed by atoms with Gasteiger partial charge >= 0.3 is 6.09 Å². The number of carbonyl (C=O) groups excluding carboxylic acids is 2. The van der Waals surface area contributed by atoms with Crippen LogP contribution in [0.4, 0.5) is 9.93 Å². The highest BCUT2D eigenvalue weighted by atomic mass is 32.1. The molecule has 4 rings (SSSR count). The van der Waals surface area contributed by atoms with Gasteiger partial charge in [0.25, 0.3) is 0 Å².